The van der Waals surface area contributed by atoms with Crippen LogP contribution in [0.15, 0.2) is 0 Å². The van der Waals surface area contributed by atoms with Crippen LogP contribution >= 0.6 is 11.6 Å². The zero-order chi connectivity index (χ0) is 13.8. The van der Waals surface area contributed by atoms with E-state index in [0.717, 1.165) is 25.8 Å². The van der Waals surface area contributed by atoms with Crippen molar-refractivity contribution in [1.29, 1.82) is 0 Å². The highest BCUT2D eigenvalue weighted by atomic mass is 35.5. The monoisotopic (exact) mass is 286 g/mol. The first-order chi connectivity index (χ1) is 9.10. The van der Waals surface area contributed by atoms with Crippen LogP contribution in [0.1, 0.15) is 33.1 Å². The fourth-order valence-electron chi connectivity index (χ4n) is 2.17. The van der Waals surface area contributed by atoms with Crippen molar-refractivity contribution < 1.29 is 9.84 Å². The van der Waals surface area contributed by atoms with E-state index in [9.17, 15) is 5.11 Å². The summed E-state index contributed by atoms with van der Waals surface area (Å²) in [4.78, 5) is 14.4. The number of hydrogen-bond donors (Lipinski definition) is 1. The molecule has 0 spiro atoms. The Kier molecular flexibility index (Phi) is 4.76. The number of ether oxygens (including phenoxy) is 1. The van der Waals surface area contributed by atoms with Gasteiger partial charge in [-0.05, 0) is 44.7 Å². The summed E-state index contributed by atoms with van der Waals surface area (Å²) in [6.07, 6.45) is 3.07. The topological polar surface area (TPSA) is 71.4 Å². The molecule has 1 aliphatic heterocycles. The zero-order valence-corrected chi connectivity index (χ0v) is 12.0. The molecule has 1 aromatic rings. The van der Waals surface area contributed by atoms with Gasteiger partial charge in [0.2, 0.25) is 11.2 Å². The van der Waals surface area contributed by atoms with Crippen LogP contribution in [0.5, 0.6) is 6.01 Å². The van der Waals surface area contributed by atoms with Crippen LogP contribution in [-0.4, -0.2) is 45.4 Å². The third-order valence-corrected chi connectivity index (χ3v) is 3.18. The Morgan fingerprint density at radius 1 is 1.37 bits per heavy atom. The number of aliphatic hydroxyl groups excluding tert-OH is 1. The standard InChI is InChI=1S/C12H19ClN4O2/c1-8(2)19-12-15-10(13)14-11(16-12)17-6-4-3-5-9(17)7-18/h8-9,18H,3-7H2,1-2H3. The van der Waals surface area contributed by atoms with Crippen LogP contribution in [0.25, 0.3) is 0 Å². The van der Waals surface area contributed by atoms with Gasteiger partial charge in [-0.25, -0.2) is 0 Å². The molecule has 2 heterocycles. The number of nitrogens with zero attached hydrogens (tertiary/aromatic N) is 4. The summed E-state index contributed by atoms with van der Waals surface area (Å²) in [5, 5.41) is 9.54. The molecule has 0 aromatic carbocycles. The maximum atomic E-state index is 9.43. The van der Waals surface area contributed by atoms with Gasteiger partial charge in [-0.1, -0.05) is 0 Å². The van der Waals surface area contributed by atoms with E-state index in [4.69, 9.17) is 16.3 Å². The lowest BCUT2D eigenvalue weighted by molar-refractivity contribution is 0.219. The second-order valence-corrected chi connectivity index (χ2v) is 5.22. The zero-order valence-electron chi connectivity index (χ0n) is 11.2. The molecule has 1 unspecified atom stereocenters. The van der Waals surface area contributed by atoms with Crippen molar-refractivity contribution in [3.05, 3.63) is 5.28 Å². The van der Waals surface area contributed by atoms with Crippen molar-refractivity contribution in [3.8, 4) is 6.01 Å². The van der Waals surface area contributed by atoms with Crippen LogP contribution in [0.4, 0.5) is 5.95 Å². The molecule has 1 fully saturated rings. The molecular weight excluding hydrogens is 268 g/mol. The quantitative estimate of drug-likeness (QED) is 0.908. The van der Waals surface area contributed by atoms with Crippen LogP contribution in [0.2, 0.25) is 5.28 Å². The van der Waals surface area contributed by atoms with E-state index in [0.29, 0.717) is 5.95 Å². The van der Waals surface area contributed by atoms with Crippen molar-refractivity contribution in [2.45, 2.75) is 45.3 Å². The summed E-state index contributed by atoms with van der Waals surface area (Å²) in [5.41, 5.74) is 0. The van der Waals surface area contributed by atoms with Crippen LogP contribution < -0.4 is 9.64 Å². The Morgan fingerprint density at radius 2 is 2.16 bits per heavy atom. The molecule has 1 atom stereocenters. The molecule has 2 rings (SSSR count). The van der Waals surface area contributed by atoms with Crippen LogP contribution in [-0.2, 0) is 0 Å². The number of halogens is 1. The molecule has 1 N–H and O–H groups in total. The van der Waals surface area contributed by atoms with Gasteiger partial charge in [-0.15, -0.1) is 0 Å². The second kappa shape index (κ2) is 6.34. The van der Waals surface area contributed by atoms with Gasteiger partial charge in [-0.2, -0.15) is 15.0 Å². The predicted octanol–water partition coefficient (Wildman–Crippen LogP) is 1.66. The number of aliphatic hydroxyl groups is 1. The number of aromatic nitrogens is 3. The van der Waals surface area contributed by atoms with Gasteiger partial charge in [0.05, 0.1) is 18.8 Å². The third kappa shape index (κ3) is 3.67. The van der Waals surface area contributed by atoms with E-state index < -0.39 is 0 Å². The van der Waals surface area contributed by atoms with Gasteiger partial charge in [0.1, 0.15) is 0 Å². The van der Waals surface area contributed by atoms with Crippen molar-refractivity contribution in [2.75, 3.05) is 18.1 Å². The van der Waals surface area contributed by atoms with Gasteiger partial charge >= 0.3 is 6.01 Å². The van der Waals surface area contributed by atoms with E-state index in [1.807, 2.05) is 18.7 Å². The molecule has 0 aliphatic carbocycles. The van der Waals surface area contributed by atoms with Crippen molar-refractivity contribution >= 4 is 17.5 Å². The number of hydrogen-bond acceptors (Lipinski definition) is 6. The summed E-state index contributed by atoms with van der Waals surface area (Å²) in [6.45, 7) is 4.69. The number of rotatable bonds is 4. The number of anilines is 1. The van der Waals surface area contributed by atoms with Gasteiger partial charge in [0, 0.05) is 6.54 Å². The van der Waals surface area contributed by atoms with Crippen molar-refractivity contribution in [2.24, 2.45) is 0 Å². The molecule has 1 saturated heterocycles. The summed E-state index contributed by atoms with van der Waals surface area (Å²) in [5.74, 6) is 0.481. The Balaban J connectivity index is 2.24. The van der Waals surface area contributed by atoms with E-state index in [1.165, 1.54) is 0 Å². The predicted molar refractivity (Wildman–Crippen MR) is 72.7 cm³/mol. The Hall–Kier alpha value is -1.14. The maximum absolute atomic E-state index is 9.43. The molecule has 0 saturated carbocycles. The summed E-state index contributed by atoms with van der Waals surface area (Å²) < 4.78 is 5.46. The van der Waals surface area contributed by atoms with Gasteiger partial charge in [0.15, 0.2) is 0 Å². The van der Waals surface area contributed by atoms with Crippen LogP contribution in [0, 0.1) is 0 Å². The molecule has 1 aromatic heterocycles. The molecular formula is C12H19ClN4O2. The first-order valence-electron chi connectivity index (χ1n) is 6.56. The highest BCUT2D eigenvalue weighted by molar-refractivity contribution is 6.28. The van der Waals surface area contributed by atoms with E-state index in [1.54, 1.807) is 0 Å². The molecule has 19 heavy (non-hydrogen) atoms. The largest absolute Gasteiger partial charge is 0.461 e. The molecule has 7 heteroatoms. The minimum absolute atomic E-state index is 0.0266. The van der Waals surface area contributed by atoms with Gasteiger partial charge in [-0.3, -0.25) is 0 Å². The van der Waals surface area contributed by atoms with Crippen molar-refractivity contribution in [1.82, 2.24) is 15.0 Å². The molecule has 0 amide bonds. The Labute approximate surface area is 117 Å². The average molecular weight is 287 g/mol. The minimum atomic E-state index is -0.0266. The van der Waals surface area contributed by atoms with Gasteiger partial charge < -0.3 is 14.7 Å². The number of piperidine rings is 1. The Morgan fingerprint density at radius 3 is 2.84 bits per heavy atom. The van der Waals surface area contributed by atoms with Crippen molar-refractivity contribution in [3.63, 3.8) is 0 Å². The molecule has 0 radical (unpaired) electrons. The van der Waals surface area contributed by atoms with Gasteiger partial charge in [0.25, 0.3) is 0 Å². The first-order valence-corrected chi connectivity index (χ1v) is 6.93. The molecule has 0 bridgehead atoms. The highest BCUT2D eigenvalue weighted by Crippen LogP contribution is 2.23. The van der Waals surface area contributed by atoms with E-state index >= 15 is 0 Å². The smallest absolute Gasteiger partial charge is 0.322 e. The molecule has 1 aliphatic rings. The second-order valence-electron chi connectivity index (χ2n) is 4.88. The lowest BCUT2D eigenvalue weighted by atomic mass is 10.0. The highest BCUT2D eigenvalue weighted by Gasteiger charge is 2.25. The lowest BCUT2D eigenvalue weighted by Gasteiger charge is -2.34. The third-order valence-electron chi connectivity index (χ3n) is 3.01. The molecule has 106 valence electrons. The Bertz CT molecular complexity index is 430. The minimum Gasteiger partial charge on any atom is -0.461 e. The van der Waals surface area contributed by atoms with E-state index in [-0.39, 0.29) is 30.0 Å². The maximum Gasteiger partial charge on any atom is 0.322 e. The molecule has 6 nitrogen and oxygen atoms in total. The SMILES string of the molecule is CC(C)Oc1nc(Cl)nc(N2CCCCC2CO)n1. The summed E-state index contributed by atoms with van der Waals surface area (Å²) in [6, 6.07) is 0.270. The fourth-order valence-corrected chi connectivity index (χ4v) is 2.32. The van der Waals surface area contributed by atoms with Crippen LogP contribution in [0.3, 0.4) is 0 Å². The average Bonchev–Trinajstić information content (AvgIpc) is 2.37. The first kappa shape index (κ1) is 14.3. The summed E-state index contributed by atoms with van der Waals surface area (Å²) >= 11 is 5.91. The lowest BCUT2D eigenvalue weighted by Crippen LogP contribution is -2.43. The van der Waals surface area contributed by atoms with E-state index in [2.05, 4.69) is 15.0 Å². The normalized spacial score (nSPS) is 19.8. The summed E-state index contributed by atoms with van der Waals surface area (Å²) in [7, 11) is 0. The fraction of sp³-hybridized carbons (Fsp3) is 0.750.